The van der Waals surface area contributed by atoms with Crippen LogP contribution in [0.2, 0.25) is 0 Å². The van der Waals surface area contributed by atoms with Gasteiger partial charge in [0, 0.05) is 19.1 Å². The van der Waals surface area contributed by atoms with Crippen molar-refractivity contribution in [3.63, 3.8) is 0 Å². The van der Waals surface area contributed by atoms with Gasteiger partial charge in [0.2, 0.25) is 5.91 Å². The average Bonchev–Trinajstić information content (AvgIpc) is 2.64. The van der Waals surface area contributed by atoms with Crippen LogP contribution in [0.3, 0.4) is 0 Å². The summed E-state index contributed by atoms with van der Waals surface area (Å²) in [7, 11) is 0. The molecule has 2 unspecified atom stereocenters. The molecule has 1 saturated carbocycles. The van der Waals surface area contributed by atoms with Crippen LogP contribution < -0.4 is 11.1 Å². The Balaban J connectivity index is 1.76. The molecule has 4 nitrogen and oxygen atoms in total. The maximum absolute atomic E-state index is 11.0. The van der Waals surface area contributed by atoms with E-state index in [1.54, 1.807) is 0 Å². The Bertz CT molecular complexity index is 207. The predicted octanol–water partition coefficient (Wildman–Crippen LogP) is -0.989. The zero-order valence-corrected chi connectivity index (χ0v) is 7.99. The minimum absolute atomic E-state index is 0.0116. The zero-order chi connectivity index (χ0) is 9.42. The number of piperidine rings is 1. The van der Waals surface area contributed by atoms with Gasteiger partial charge in [-0.05, 0) is 18.4 Å². The molecule has 0 aromatic rings. The third-order valence-electron chi connectivity index (χ3n) is 3.23. The second kappa shape index (κ2) is 3.27. The number of carbonyl (C=O) groups excluding carboxylic acids is 1. The molecule has 13 heavy (non-hydrogen) atoms. The highest BCUT2D eigenvalue weighted by Crippen LogP contribution is 2.45. The van der Waals surface area contributed by atoms with E-state index in [-0.39, 0.29) is 12.5 Å². The van der Waals surface area contributed by atoms with Crippen molar-refractivity contribution in [1.82, 2.24) is 10.2 Å². The maximum atomic E-state index is 11.0. The monoisotopic (exact) mass is 183 g/mol. The van der Waals surface area contributed by atoms with Crippen LogP contribution in [-0.2, 0) is 4.79 Å². The number of hydrogen-bond acceptors (Lipinski definition) is 3. The van der Waals surface area contributed by atoms with Crippen molar-refractivity contribution in [2.75, 3.05) is 26.2 Å². The van der Waals surface area contributed by atoms with Gasteiger partial charge >= 0.3 is 0 Å². The molecule has 2 atom stereocenters. The summed E-state index contributed by atoms with van der Waals surface area (Å²) in [5.74, 6) is 1.40. The van der Waals surface area contributed by atoms with Gasteiger partial charge in [-0.3, -0.25) is 4.79 Å². The fourth-order valence-electron chi connectivity index (χ4n) is 2.33. The largest absolute Gasteiger partial charge is 0.352 e. The highest BCUT2D eigenvalue weighted by atomic mass is 16.1. The minimum Gasteiger partial charge on any atom is -0.352 e. The van der Waals surface area contributed by atoms with Gasteiger partial charge in [0.1, 0.15) is 0 Å². The molecular formula is C9H17N3O. The molecule has 4 heteroatoms. The second-order valence-electron chi connectivity index (χ2n) is 3.98. The number of amides is 1. The summed E-state index contributed by atoms with van der Waals surface area (Å²) in [5, 5.41) is 2.96. The van der Waals surface area contributed by atoms with Crippen molar-refractivity contribution in [2.24, 2.45) is 17.6 Å². The molecule has 74 valence electrons. The van der Waals surface area contributed by atoms with E-state index in [4.69, 9.17) is 5.73 Å². The summed E-state index contributed by atoms with van der Waals surface area (Å²) < 4.78 is 0. The first-order valence-corrected chi connectivity index (χ1v) is 4.98. The molecule has 1 amide bonds. The predicted molar refractivity (Wildman–Crippen MR) is 50.1 cm³/mol. The Morgan fingerprint density at radius 3 is 2.62 bits per heavy atom. The van der Waals surface area contributed by atoms with Crippen LogP contribution in [0.5, 0.6) is 0 Å². The molecule has 2 fully saturated rings. The average molecular weight is 183 g/mol. The number of carbonyl (C=O) groups is 1. The molecule has 1 aliphatic carbocycles. The molecule has 0 radical (unpaired) electrons. The summed E-state index contributed by atoms with van der Waals surface area (Å²) in [5.41, 5.74) is 5.23. The van der Waals surface area contributed by atoms with Crippen LogP contribution >= 0.6 is 0 Å². The first-order valence-electron chi connectivity index (χ1n) is 4.98. The fourth-order valence-corrected chi connectivity index (χ4v) is 2.33. The maximum Gasteiger partial charge on any atom is 0.233 e. The van der Waals surface area contributed by atoms with Gasteiger partial charge < -0.3 is 16.0 Å². The third-order valence-corrected chi connectivity index (χ3v) is 3.23. The van der Waals surface area contributed by atoms with Crippen molar-refractivity contribution in [2.45, 2.75) is 13.0 Å². The highest BCUT2D eigenvalue weighted by molar-refractivity contribution is 5.78. The lowest BCUT2D eigenvalue weighted by Gasteiger charge is -2.16. The molecule has 1 heterocycles. The minimum atomic E-state index is -0.0116. The molecule has 0 aromatic heterocycles. The van der Waals surface area contributed by atoms with E-state index in [0.29, 0.717) is 17.9 Å². The van der Waals surface area contributed by atoms with E-state index in [0.717, 1.165) is 19.6 Å². The Labute approximate surface area is 78.5 Å². The van der Waals surface area contributed by atoms with Crippen LogP contribution in [0.1, 0.15) is 6.92 Å². The molecule has 0 spiro atoms. The van der Waals surface area contributed by atoms with Gasteiger partial charge in [0.15, 0.2) is 0 Å². The second-order valence-corrected chi connectivity index (χ2v) is 3.98. The van der Waals surface area contributed by atoms with Crippen LogP contribution in [0.25, 0.3) is 0 Å². The smallest absolute Gasteiger partial charge is 0.233 e. The molecule has 2 aliphatic rings. The third kappa shape index (κ3) is 1.56. The van der Waals surface area contributed by atoms with E-state index >= 15 is 0 Å². The van der Waals surface area contributed by atoms with Crippen LogP contribution in [0, 0.1) is 11.8 Å². The standard InChI is InChI=1S/C9H17N3O/c1-2-12-4-6-7(5-12)9(6)11-8(13)3-10/h6-7,9H,2-5,10H2,1H3,(H,11,13). The van der Waals surface area contributed by atoms with E-state index < -0.39 is 0 Å². The quantitative estimate of drug-likeness (QED) is 0.591. The summed E-state index contributed by atoms with van der Waals surface area (Å²) in [4.78, 5) is 13.4. The lowest BCUT2D eigenvalue weighted by Crippen LogP contribution is -2.37. The molecule has 1 saturated heterocycles. The van der Waals surface area contributed by atoms with Crippen LogP contribution in [0.4, 0.5) is 0 Å². The first kappa shape index (κ1) is 8.97. The summed E-state index contributed by atoms with van der Waals surface area (Å²) in [6, 6.07) is 0.429. The van der Waals surface area contributed by atoms with Crippen LogP contribution in [0.15, 0.2) is 0 Å². The zero-order valence-electron chi connectivity index (χ0n) is 7.99. The van der Waals surface area contributed by atoms with Gasteiger partial charge in [-0.2, -0.15) is 0 Å². The summed E-state index contributed by atoms with van der Waals surface area (Å²) >= 11 is 0. The number of hydrogen-bond donors (Lipinski definition) is 2. The lowest BCUT2D eigenvalue weighted by atomic mass is 10.3. The molecule has 0 aromatic carbocycles. The number of nitrogens with zero attached hydrogens (tertiary/aromatic N) is 1. The molecule has 2 rings (SSSR count). The van der Waals surface area contributed by atoms with Crippen molar-refractivity contribution < 1.29 is 4.79 Å². The van der Waals surface area contributed by atoms with Crippen molar-refractivity contribution in [1.29, 1.82) is 0 Å². The van der Waals surface area contributed by atoms with Gasteiger partial charge in [-0.25, -0.2) is 0 Å². The summed E-state index contributed by atoms with van der Waals surface area (Å²) in [6.07, 6.45) is 0. The van der Waals surface area contributed by atoms with Gasteiger partial charge in [-0.1, -0.05) is 6.92 Å². The summed E-state index contributed by atoms with van der Waals surface area (Å²) in [6.45, 7) is 5.73. The Kier molecular flexibility index (Phi) is 2.26. The van der Waals surface area contributed by atoms with E-state index in [9.17, 15) is 4.79 Å². The highest BCUT2D eigenvalue weighted by Gasteiger charge is 2.55. The van der Waals surface area contributed by atoms with Gasteiger partial charge in [0.25, 0.3) is 0 Å². The Hall–Kier alpha value is -0.610. The molecule has 0 bridgehead atoms. The van der Waals surface area contributed by atoms with E-state index in [1.807, 2.05) is 0 Å². The van der Waals surface area contributed by atoms with Crippen LogP contribution in [-0.4, -0.2) is 43.0 Å². The van der Waals surface area contributed by atoms with Gasteiger partial charge in [-0.15, -0.1) is 0 Å². The number of rotatable bonds is 3. The number of nitrogens with two attached hydrogens (primary N) is 1. The lowest BCUT2D eigenvalue weighted by molar-refractivity contribution is -0.120. The first-order chi connectivity index (χ1) is 6.26. The fraction of sp³-hybridized carbons (Fsp3) is 0.889. The van der Waals surface area contributed by atoms with Crippen molar-refractivity contribution in [3.8, 4) is 0 Å². The molecule has 3 N–H and O–H groups in total. The topological polar surface area (TPSA) is 58.4 Å². The van der Waals surface area contributed by atoms with Crippen molar-refractivity contribution >= 4 is 5.91 Å². The Morgan fingerprint density at radius 2 is 2.15 bits per heavy atom. The van der Waals surface area contributed by atoms with E-state index in [1.165, 1.54) is 0 Å². The van der Waals surface area contributed by atoms with E-state index in [2.05, 4.69) is 17.1 Å². The normalized spacial score (nSPS) is 37.2. The van der Waals surface area contributed by atoms with Gasteiger partial charge in [0.05, 0.1) is 6.54 Å². The number of likely N-dealkylation sites (tertiary alicyclic amines) is 1. The number of fused-ring (bicyclic) bond motifs is 1. The SMILES string of the molecule is CCN1CC2C(C1)C2NC(=O)CN. The number of nitrogens with one attached hydrogen (secondary N) is 1. The van der Waals surface area contributed by atoms with Crippen molar-refractivity contribution in [3.05, 3.63) is 0 Å². The molecule has 1 aliphatic heterocycles. The molecular weight excluding hydrogens is 166 g/mol. The Morgan fingerprint density at radius 1 is 1.54 bits per heavy atom.